The number of aliphatic hydroxyl groups is 1. The molecule has 1 unspecified atom stereocenters. The molecule has 3 heteroatoms. The fraction of sp³-hybridized carbons (Fsp3) is 0.467. The zero-order chi connectivity index (χ0) is 13.4. The van der Waals surface area contributed by atoms with E-state index in [1.54, 1.807) is 11.3 Å². The van der Waals surface area contributed by atoms with E-state index in [1.807, 2.05) is 50.3 Å². The summed E-state index contributed by atoms with van der Waals surface area (Å²) in [6.45, 7) is 6.71. The first kappa shape index (κ1) is 14.7. The first-order valence-corrected chi connectivity index (χ1v) is 6.48. The molecule has 0 bridgehead atoms. The second-order valence-electron chi connectivity index (χ2n) is 4.62. The van der Waals surface area contributed by atoms with Gasteiger partial charge in [-0.3, -0.25) is 0 Å². The minimum atomic E-state index is -0.578. The van der Waals surface area contributed by atoms with Crippen molar-refractivity contribution in [3.63, 3.8) is 0 Å². The lowest BCUT2D eigenvalue weighted by Crippen LogP contribution is -2.38. The molecule has 0 amide bonds. The molecule has 18 heavy (non-hydrogen) atoms. The Morgan fingerprint density at radius 1 is 1.28 bits per heavy atom. The summed E-state index contributed by atoms with van der Waals surface area (Å²) in [5.41, 5.74) is 1.08. The standard InChI is InChI=1S/C15H23NO2/c1-4-11-16(15(17)13(2)3)18-12-10-14-8-6-5-7-9-14/h5-10,12-13,15,17H,4,11H2,1-3H3/b12-10+. The third-order valence-corrected chi connectivity index (χ3v) is 2.59. The van der Waals surface area contributed by atoms with Crippen molar-refractivity contribution in [1.29, 1.82) is 0 Å². The minimum absolute atomic E-state index is 0.140. The molecule has 1 aromatic carbocycles. The van der Waals surface area contributed by atoms with Gasteiger partial charge < -0.3 is 9.94 Å². The summed E-state index contributed by atoms with van der Waals surface area (Å²) < 4.78 is 0. The van der Waals surface area contributed by atoms with Gasteiger partial charge in [-0.25, -0.2) is 0 Å². The summed E-state index contributed by atoms with van der Waals surface area (Å²) >= 11 is 0. The Morgan fingerprint density at radius 2 is 1.94 bits per heavy atom. The number of nitrogens with zero attached hydrogens (tertiary/aromatic N) is 1. The predicted octanol–water partition coefficient (Wildman–Crippen LogP) is 3.28. The van der Waals surface area contributed by atoms with Crippen LogP contribution in [0.25, 0.3) is 6.08 Å². The van der Waals surface area contributed by atoms with Crippen molar-refractivity contribution in [2.45, 2.75) is 33.4 Å². The SMILES string of the molecule is CCCN(O/C=C/c1ccccc1)C(O)C(C)C. The minimum Gasteiger partial charge on any atom is -0.411 e. The fourth-order valence-electron chi connectivity index (χ4n) is 1.55. The normalized spacial score (nSPS) is 13.4. The van der Waals surface area contributed by atoms with Gasteiger partial charge in [-0.05, 0) is 24.0 Å². The molecule has 0 fully saturated rings. The highest BCUT2D eigenvalue weighted by Crippen LogP contribution is 2.10. The topological polar surface area (TPSA) is 32.7 Å². The first-order chi connectivity index (χ1) is 8.65. The van der Waals surface area contributed by atoms with Crippen LogP contribution in [0.4, 0.5) is 0 Å². The molecule has 100 valence electrons. The lowest BCUT2D eigenvalue weighted by atomic mass is 10.2. The van der Waals surface area contributed by atoms with Crippen LogP contribution in [0, 0.1) is 5.92 Å². The van der Waals surface area contributed by atoms with E-state index in [1.165, 1.54) is 0 Å². The molecule has 1 N–H and O–H groups in total. The van der Waals surface area contributed by atoms with Gasteiger partial charge in [0.1, 0.15) is 12.5 Å². The molecular formula is C15H23NO2. The quantitative estimate of drug-likeness (QED) is 0.457. The van der Waals surface area contributed by atoms with Crippen LogP contribution in [-0.4, -0.2) is 22.9 Å². The third kappa shape index (κ3) is 4.90. The van der Waals surface area contributed by atoms with Gasteiger partial charge in [0.25, 0.3) is 0 Å². The molecule has 3 nitrogen and oxygen atoms in total. The van der Waals surface area contributed by atoms with Gasteiger partial charge in [0.05, 0.1) is 0 Å². The smallest absolute Gasteiger partial charge is 0.142 e. The van der Waals surface area contributed by atoms with Crippen molar-refractivity contribution < 1.29 is 9.94 Å². The van der Waals surface area contributed by atoms with E-state index in [0.717, 1.165) is 12.0 Å². The molecule has 0 heterocycles. The molecular weight excluding hydrogens is 226 g/mol. The molecule has 0 saturated heterocycles. The van der Waals surface area contributed by atoms with Crippen molar-refractivity contribution in [3.05, 3.63) is 42.2 Å². The second-order valence-corrected chi connectivity index (χ2v) is 4.62. The zero-order valence-electron chi connectivity index (χ0n) is 11.4. The Hall–Kier alpha value is -1.32. The van der Waals surface area contributed by atoms with Crippen LogP contribution in [0.15, 0.2) is 36.6 Å². The van der Waals surface area contributed by atoms with Crippen molar-refractivity contribution in [2.75, 3.05) is 6.54 Å². The van der Waals surface area contributed by atoms with Gasteiger partial charge in [-0.1, -0.05) is 51.1 Å². The van der Waals surface area contributed by atoms with E-state index < -0.39 is 6.23 Å². The van der Waals surface area contributed by atoms with Crippen LogP contribution in [0.2, 0.25) is 0 Å². The molecule has 0 saturated carbocycles. The molecule has 1 atom stereocenters. The summed E-state index contributed by atoms with van der Waals surface area (Å²) in [7, 11) is 0. The van der Waals surface area contributed by atoms with Gasteiger partial charge in [0.2, 0.25) is 0 Å². The summed E-state index contributed by atoms with van der Waals surface area (Å²) in [6.07, 6.45) is 3.86. The van der Waals surface area contributed by atoms with Crippen LogP contribution in [0.5, 0.6) is 0 Å². The van der Waals surface area contributed by atoms with Crippen LogP contribution in [0.3, 0.4) is 0 Å². The maximum absolute atomic E-state index is 9.98. The lowest BCUT2D eigenvalue weighted by Gasteiger charge is -2.27. The Bertz CT molecular complexity index is 349. The number of hydrogen-bond donors (Lipinski definition) is 1. The number of hydroxylamine groups is 2. The first-order valence-electron chi connectivity index (χ1n) is 6.48. The summed E-state index contributed by atoms with van der Waals surface area (Å²) in [6, 6.07) is 9.94. The molecule has 0 aliphatic rings. The predicted molar refractivity (Wildman–Crippen MR) is 74.4 cm³/mol. The van der Waals surface area contributed by atoms with E-state index in [4.69, 9.17) is 4.84 Å². The highest BCUT2D eigenvalue weighted by Gasteiger charge is 2.18. The second kappa shape index (κ2) is 7.90. The molecule has 0 radical (unpaired) electrons. The van der Waals surface area contributed by atoms with E-state index in [0.29, 0.717) is 6.54 Å². The van der Waals surface area contributed by atoms with Gasteiger partial charge in [-0.15, -0.1) is 5.06 Å². The van der Waals surface area contributed by atoms with Crippen molar-refractivity contribution in [2.24, 2.45) is 5.92 Å². The zero-order valence-corrected chi connectivity index (χ0v) is 11.4. The van der Waals surface area contributed by atoms with Crippen LogP contribution < -0.4 is 0 Å². The average Bonchev–Trinajstić information content (AvgIpc) is 2.38. The van der Waals surface area contributed by atoms with E-state index in [2.05, 4.69) is 6.92 Å². The number of rotatable bonds is 7. The fourth-order valence-corrected chi connectivity index (χ4v) is 1.55. The Kier molecular flexibility index (Phi) is 6.47. The Morgan fingerprint density at radius 3 is 2.50 bits per heavy atom. The Labute approximate surface area is 110 Å². The van der Waals surface area contributed by atoms with Crippen LogP contribution in [0.1, 0.15) is 32.8 Å². The van der Waals surface area contributed by atoms with Crippen molar-refractivity contribution in [3.8, 4) is 0 Å². The maximum atomic E-state index is 9.98. The largest absolute Gasteiger partial charge is 0.411 e. The number of benzene rings is 1. The summed E-state index contributed by atoms with van der Waals surface area (Å²) in [5, 5.41) is 11.6. The summed E-state index contributed by atoms with van der Waals surface area (Å²) in [4.78, 5) is 5.51. The highest BCUT2D eigenvalue weighted by atomic mass is 16.7. The van der Waals surface area contributed by atoms with Crippen LogP contribution >= 0.6 is 0 Å². The lowest BCUT2D eigenvalue weighted by molar-refractivity contribution is -0.215. The molecule has 0 aromatic heterocycles. The molecule has 1 aromatic rings. The van der Waals surface area contributed by atoms with E-state index in [-0.39, 0.29) is 5.92 Å². The number of hydrogen-bond acceptors (Lipinski definition) is 3. The molecule has 1 rings (SSSR count). The maximum Gasteiger partial charge on any atom is 0.142 e. The van der Waals surface area contributed by atoms with Crippen molar-refractivity contribution >= 4 is 6.08 Å². The average molecular weight is 249 g/mol. The monoisotopic (exact) mass is 249 g/mol. The van der Waals surface area contributed by atoms with Gasteiger partial charge >= 0.3 is 0 Å². The Balaban J connectivity index is 2.54. The van der Waals surface area contributed by atoms with Gasteiger partial charge in [0, 0.05) is 6.54 Å². The van der Waals surface area contributed by atoms with E-state index in [9.17, 15) is 5.11 Å². The van der Waals surface area contributed by atoms with Gasteiger partial charge in [-0.2, -0.15) is 0 Å². The highest BCUT2D eigenvalue weighted by molar-refractivity contribution is 5.47. The molecule has 0 spiro atoms. The third-order valence-electron chi connectivity index (χ3n) is 2.59. The molecule has 0 aliphatic heterocycles. The number of aliphatic hydroxyl groups excluding tert-OH is 1. The van der Waals surface area contributed by atoms with Crippen molar-refractivity contribution in [1.82, 2.24) is 5.06 Å². The molecule has 0 aliphatic carbocycles. The van der Waals surface area contributed by atoms with E-state index >= 15 is 0 Å². The van der Waals surface area contributed by atoms with Gasteiger partial charge in [0.15, 0.2) is 0 Å². The summed E-state index contributed by atoms with van der Waals surface area (Å²) in [5.74, 6) is 0.140. The van der Waals surface area contributed by atoms with Crippen LogP contribution in [-0.2, 0) is 4.84 Å².